The topological polar surface area (TPSA) is 85.8 Å². The summed E-state index contributed by atoms with van der Waals surface area (Å²) in [6, 6.07) is 10.0. The molecule has 1 heterocycles. The molecule has 2 N–H and O–H groups in total. The second-order valence-electron chi connectivity index (χ2n) is 11.4. The molecule has 1 aromatic carbocycles. The van der Waals surface area contributed by atoms with E-state index in [2.05, 4.69) is 19.2 Å². The number of nitrogens with one attached hydrogen (secondary N) is 1. The Labute approximate surface area is 218 Å². The van der Waals surface area contributed by atoms with E-state index in [1.807, 2.05) is 63.3 Å². The van der Waals surface area contributed by atoms with Crippen LogP contribution in [0.1, 0.15) is 55.7 Å². The van der Waals surface area contributed by atoms with E-state index in [4.69, 9.17) is 4.98 Å². The first-order valence-electron chi connectivity index (χ1n) is 12.9. The van der Waals surface area contributed by atoms with Gasteiger partial charge in [-0.1, -0.05) is 51.1 Å². The second-order valence-corrected chi connectivity index (χ2v) is 12.5. The van der Waals surface area contributed by atoms with Crippen molar-refractivity contribution in [1.82, 2.24) is 14.8 Å². The second kappa shape index (κ2) is 10.6. The molecule has 1 fully saturated rings. The third kappa shape index (κ3) is 5.36. The number of carbonyl (C=O) groups is 2. The summed E-state index contributed by atoms with van der Waals surface area (Å²) in [6.45, 7) is 7.26. The lowest BCUT2D eigenvalue weighted by molar-refractivity contribution is -0.144. The fourth-order valence-electron chi connectivity index (χ4n) is 6.51. The number of carbonyl (C=O) groups excluding carboxylic acids is 2. The Hall–Kier alpha value is -2.29. The van der Waals surface area contributed by atoms with Crippen LogP contribution in [0.2, 0.25) is 0 Å². The van der Waals surface area contributed by atoms with Crippen molar-refractivity contribution >= 4 is 28.3 Å². The van der Waals surface area contributed by atoms with Crippen LogP contribution in [0.15, 0.2) is 30.3 Å². The standard InChI is InChI=1S/C28H40N4O3S/c1-17(26(35)32(6)15-19-10-8-7-9-11-19)20-12-13-28(3)14-21-24(18(2)23(28)25(20)34)30-27(36-21)29-22(33)16-31(4)5/h7-11,17-18,20,23,25,34H,12-16H2,1-6H3,(H,29,30,33)/t17-,18-,20-,23+,25-,28-/m0/s1. The van der Waals surface area contributed by atoms with Gasteiger partial charge in [-0.3, -0.25) is 9.59 Å². The number of nitrogens with zero attached hydrogens (tertiary/aromatic N) is 3. The molecule has 0 spiro atoms. The van der Waals surface area contributed by atoms with Crippen LogP contribution in [0.5, 0.6) is 0 Å². The van der Waals surface area contributed by atoms with Crippen LogP contribution >= 0.6 is 11.3 Å². The van der Waals surface area contributed by atoms with Crippen LogP contribution in [-0.2, 0) is 22.6 Å². The lowest BCUT2D eigenvalue weighted by Gasteiger charge is -2.53. The molecule has 1 aromatic heterocycles. The van der Waals surface area contributed by atoms with E-state index in [9.17, 15) is 14.7 Å². The van der Waals surface area contributed by atoms with E-state index in [0.29, 0.717) is 18.2 Å². The summed E-state index contributed by atoms with van der Waals surface area (Å²) in [4.78, 5) is 35.2. The zero-order valence-corrected chi connectivity index (χ0v) is 23.1. The van der Waals surface area contributed by atoms with Gasteiger partial charge < -0.3 is 20.2 Å². The molecular weight excluding hydrogens is 472 g/mol. The number of thiazole rings is 1. The maximum Gasteiger partial charge on any atom is 0.240 e. The normalized spacial score (nSPS) is 28.2. The highest BCUT2D eigenvalue weighted by Gasteiger charge is 2.54. The smallest absolute Gasteiger partial charge is 0.240 e. The Morgan fingerprint density at radius 1 is 1.25 bits per heavy atom. The summed E-state index contributed by atoms with van der Waals surface area (Å²) in [6.07, 6.45) is 2.06. The van der Waals surface area contributed by atoms with Gasteiger partial charge in [-0.15, -0.1) is 11.3 Å². The number of aliphatic hydroxyl groups is 1. The van der Waals surface area contributed by atoms with Crippen molar-refractivity contribution in [3.8, 4) is 0 Å². The van der Waals surface area contributed by atoms with Crippen LogP contribution in [-0.4, -0.2) is 65.5 Å². The number of aliphatic hydroxyl groups excluding tert-OH is 1. The van der Waals surface area contributed by atoms with Gasteiger partial charge >= 0.3 is 0 Å². The molecule has 0 radical (unpaired) electrons. The Morgan fingerprint density at radius 3 is 2.61 bits per heavy atom. The van der Waals surface area contributed by atoms with Crippen molar-refractivity contribution in [2.45, 2.75) is 58.6 Å². The largest absolute Gasteiger partial charge is 0.392 e. The Balaban J connectivity index is 1.49. The van der Waals surface area contributed by atoms with Gasteiger partial charge in [0.25, 0.3) is 0 Å². The van der Waals surface area contributed by atoms with Crippen LogP contribution in [0.25, 0.3) is 0 Å². The number of benzene rings is 1. The molecule has 0 aliphatic heterocycles. The Kier molecular flexibility index (Phi) is 7.88. The molecule has 0 bridgehead atoms. The van der Waals surface area contributed by atoms with Crippen LogP contribution < -0.4 is 5.32 Å². The molecule has 2 aromatic rings. The number of hydrogen-bond donors (Lipinski definition) is 2. The zero-order valence-electron chi connectivity index (χ0n) is 22.3. The number of likely N-dealkylation sites (N-methyl/N-ethyl adjacent to an activating group) is 1. The molecule has 7 nitrogen and oxygen atoms in total. The summed E-state index contributed by atoms with van der Waals surface area (Å²) in [7, 11) is 5.58. The van der Waals surface area contributed by atoms with E-state index in [-0.39, 0.29) is 40.9 Å². The van der Waals surface area contributed by atoms with Crippen molar-refractivity contribution in [3.05, 3.63) is 46.5 Å². The van der Waals surface area contributed by atoms with E-state index in [1.54, 1.807) is 16.2 Å². The summed E-state index contributed by atoms with van der Waals surface area (Å²) < 4.78 is 0. The van der Waals surface area contributed by atoms with Crippen molar-refractivity contribution in [2.75, 3.05) is 33.0 Å². The molecule has 2 aliphatic rings. The fraction of sp³-hybridized carbons (Fsp3) is 0.607. The van der Waals surface area contributed by atoms with Gasteiger partial charge in [-0.05, 0) is 56.2 Å². The highest BCUT2D eigenvalue weighted by atomic mass is 32.1. The van der Waals surface area contributed by atoms with E-state index < -0.39 is 6.10 Å². The van der Waals surface area contributed by atoms with E-state index in [0.717, 1.165) is 30.5 Å². The average molecular weight is 513 g/mol. The number of anilines is 1. The summed E-state index contributed by atoms with van der Waals surface area (Å²) in [5.41, 5.74) is 2.03. The molecule has 0 unspecified atom stereocenters. The number of hydrogen-bond acceptors (Lipinski definition) is 6. The maximum atomic E-state index is 13.4. The molecule has 1 saturated carbocycles. The first-order chi connectivity index (χ1) is 17.0. The summed E-state index contributed by atoms with van der Waals surface area (Å²) >= 11 is 1.56. The molecular formula is C28H40N4O3S. The van der Waals surface area contributed by atoms with Crippen LogP contribution in [0.4, 0.5) is 5.13 Å². The van der Waals surface area contributed by atoms with Gasteiger partial charge in [0.15, 0.2) is 5.13 Å². The lowest BCUT2D eigenvalue weighted by Crippen LogP contribution is -2.53. The Bertz CT molecular complexity index is 1090. The van der Waals surface area contributed by atoms with Gasteiger partial charge in [0.1, 0.15) is 0 Å². The number of rotatable bonds is 7. The first kappa shape index (κ1) is 26.8. The van der Waals surface area contributed by atoms with Crippen molar-refractivity contribution < 1.29 is 14.7 Å². The third-order valence-corrected chi connectivity index (χ3v) is 9.29. The highest BCUT2D eigenvalue weighted by molar-refractivity contribution is 7.15. The summed E-state index contributed by atoms with van der Waals surface area (Å²) in [5.74, 6) is -0.272. The minimum absolute atomic E-state index is 0.0193. The van der Waals surface area contributed by atoms with E-state index in [1.165, 1.54) is 4.88 Å². The SMILES string of the molecule is C[C@H](C(=O)N(C)Cc1ccccc1)[C@@H]1CC[C@@]2(C)Cc3sc(NC(=O)CN(C)C)nc3[C@@H](C)[C@@H]2[C@H]1O. The highest BCUT2D eigenvalue weighted by Crippen LogP contribution is 2.57. The monoisotopic (exact) mass is 512 g/mol. The molecule has 8 heteroatoms. The van der Waals surface area contributed by atoms with Gasteiger partial charge in [0.2, 0.25) is 11.8 Å². The minimum Gasteiger partial charge on any atom is -0.392 e. The molecule has 2 aliphatic carbocycles. The molecule has 6 atom stereocenters. The quantitative estimate of drug-likeness (QED) is 0.586. The Morgan fingerprint density at radius 2 is 1.94 bits per heavy atom. The van der Waals surface area contributed by atoms with Crippen molar-refractivity contribution in [2.24, 2.45) is 23.2 Å². The zero-order chi connectivity index (χ0) is 26.2. The first-order valence-corrected chi connectivity index (χ1v) is 13.7. The van der Waals surface area contributed by atoms with Crippen LogP contribution in [0.3, 0.4) is 0 Å². The number of amides is 2. The molecule has 0 saturated heterocycles. The van der Waals surface area contributed by atoms with Gasteiger partial charge in [-0.25, -0.2) is 4.98 Å². The third-order valence-electron chi connectivity index (χ3n) is 8.30. The molecule has 36 heavy (non-hydrogen) atoms. The van der Waals surface area contributed by atoms with Crippen molar-refractivity contribution in [1.29, 1.82) is 0 Å². The molecule has 4 rings (SSSR count). The molecule has 196 valence electrons. The van der Waals surface area contributed by atoms with Gasteiger partial charge in [0.05, 0.1) is 18.3 Å². The van der Waals surface area contributed by atoms with Crippen molar-refractivity contribution in [3.63, 3.8) is 0 Å². The van der Waals surface area contributed by atoms with E-state index >= 15 is 0 Å². The average Bonchev–Trinajstić information content (AvgIpc) is 3.20. The van der Waals surface area contributed by atoms with Gasteiger partial charge in [-0.2, -0.15) is 0 Å². The molecule has 2 amide bonds. The minimum atomic E-state index is -0.579. The predicted molar refractivity (Wildman–Crippen MR) is 144 cm³/mol. The maximum absolute atomic E-state index is 13.4. The summed E-state index contributed by atoms with van der Waals surface area (Å²) in [5, 5.41) is 15.3. The predicted octanol–water partition coefficient (Wildman–Crippen LogP) is 3.99. The number of aromatic nitrogens is 1. The van der Waals surface area contributed by atoms with Crippen LogP contribution in [0, 0.1) is 23.2 Å². The lowest BCUT2D eigenvalue weighted by atomic mass is 9.53. The fourth-order valence-corrected chi connectivity index (χ4v) is 7.79. The number of fused-ring (bicyclic) bond motifs is 2. The van der Waals surface area contributed by atoms with Gasteiger partial charge in [0, 0.05) is 30.3 Å².